The molecule has 0 spiro atoms. The van der Waals surface area contributed by atoms with Gasteiger partial charge in [-0.2, -0.15) is 5.10 Å². The summed E-state index contributed by atoms with van der Waals surface area (Å²) in [7, 11) is -1.21. The minimum absolute atomic E-state index is 0.0874. The fraction of sp³-hybridized carbons (Fsp3) is 0.429. The van der Waals surface area contributed by atoms with E-state index in [1.807, 2.05) is 55.8 Å². The van der Waals surface area contributed by atoms with Crippen molar-refractivity contribution in [3.63, 3.8) is 0 Å². The van der Waals surface area contributed by atoms with Crippen molar-refractivity contribution in [2.75, 3.05) is 18.6 Å². The number of nitrogens with zero attached hydrogens (tertiary/aromatic N) is 3. The fourth-order valence-corrected chi connectivity index (χ4v) is 5.23. The molecule has 0 aliphatic carbocycles. The molecule has 0 unspecified atom stereocenters. The lowest BCUT2D eigenvalue weighted by Crippen LogP contribution is -2.24. The van der Waals surface area contributed by atoms with Crippen LogP contribution in [0.25, 0.3) is 6.08 Å². The van der Waals surface area contributed by atoms with Gasteiger partial charge in [-0.05, 0) is 38.8 Å². The van der Waals surface area contributed by atoms with E-state index in [1.165, 1.54) is 5.56 Å². The van der Waals surface area contributed by atoms with Crippen LogP contribution in [0.5, 0.6) is 0 Å². The molecule has 0 N–H and O–H groups in total. The lowest BCUT2D eigenvalue weighted by atomic mass is 10.1. The first kappa shape index (κ1) is 20.3. The maximum atomic E-state index is 12.5. The monoisotopic (exact) mass is 401 g/mol. The molecule has 1 saturated heterocycles. The highest BCUT2D eigenvalue weighted by Gasteiger charge is 2.31. The second-order valence-corrected chi connectivity index (χ2v) is 9.82. The van der Waals surface area contributed by atoms with Crippen LogP contribution in [0.2, 0.25) is 0 Å². The molecular formula is C21H27N3O3S. The van der Waals surface area contributed by atoms with Crippen LogP contribution in [0, 0.1) is 20.8 Å². The Morgan fingerprint density at radius 1 is 1.25 bits per heavy atom. The highest BCUT2D eigenvalue weighted by molar-refractivity contribution is 7.91. The molecule has 0 saturated carbocycles. The summed E-state index contributed by atoms with van der Waals surface area (Å²) in [6, 6.07) is 7.87. The number of hydrogen-bond donors (Lipinski definition) is 0. The lowest BCUT2D eigenvalue weighted by molar-refractivity contribution is -0.125. The summed E-state index contributed by atoms with van der Waals surface area (Å²) in [4.78, 5) is 14.1. The SMILES string of the molecule is Cc1ccc(/C=C/C(=O)N(C)Cc2c(C)nn([C@@H]3CCS(=O)(=O)C3)c2C)cc1. The third-order valence-electron chi connectivity index (χ3n) is 5.30. The van der Waals surface area contributed by atoms with Gasteiger partial charge in [0.1, 0.15) is 0 Å². The number of sulfone groups is 1. The molecule has 1 aromatic heterocycles. The molecule has 0 radical (unpaired) electrons. The van der Waals surface area contributed by atoms with Gasteiger partial charge in [0.15, 0.2) is 9.84 Å². The highest BCUT2D eigenvalue weighted by Crippen LogP contribution is 2.27. The van der Waals surface area contributed by atoms with Gasteiger partial charge in [-0.1, -0.05) is 29.8 Å². The quantitative estimate of drug-likeness (QED) is 0.722. The number of aryl methyl sites for hydroxylation is 2. The number of rotatable bonds is 5. The van der Waals surface area contributed by atoms with Crippen LogP contribution in [0.4, 0.5) is 0 Å². The predicted molar refractivity (Wildman–Crippen MR) is 111 cm³/mol. The molecule has 1 atom stereocenters. The number of amides is 1. The molecule has 28 heavy (non-hydrogen) atoms. The average molecular weight is 402 g/mol. The van der Waals surface area contributed by atoms with E-state index in [2.05, 4.69) is 5.10 Å². The first-order chi connectivity index (χ1) is 13.2. The fourth-order valence-electron chi connectivity index (χ4n) is 3.54. The molecule has 2 heterocycles. The lowest BCUT2D eigenvalue weighted by Gasteiger charge is -2.16. The summed E-state index contributed by atoms with van der Waals surface area (Å²) >= 11 is 0. The van der Waals surface area contributed by atoms with E-state index in [4.69, 9.17) is 0 Å². The number of aromatic nitrogens is 2. The predicted octanol–water partition coefficient (Wildman–Crippen LogP) is 2.84. The van der Waals surface area contributed by atoms with Crippen molar-refractivity contribution in [3.8, 4) is 0 Å². The Bertz CT molecular complexity index is 1000. The van der Waals surface area contributed by atoms with E-state index in [9.17, 15) is 13.2 Å². The van der Waals surface area contributed by atoms with Gasteiger partial charge in [0.2, 0.25) is 5.91 Å². The van der Waals surface area contributed by atoms with E-state index in [0.717, 1.165) is 22.5 Å². The summed E-state index contributed by atoms with van der Waals surface area (Å²) in [5.74, 6) is 0.270. The van der Waals surface area contributed by atoms with Crippen LogP contribution in [-0.2, 0) is 21.2 Å². The Labute approximate surface area is 166 Å². The molecule has 6 nitrogen and oxygen atoms in total. The van der Waals surface area contributed by atoms with Gasteiger partial charge in [-0.15, -0.1) is 0 Å². The third-order valence-corrected chi connectivity index (χ3v) is 7.05. The van der Waals surface area contributed by atoms with Crippen LogP contribution in [0.3, 0.4) is 0 Å². The molecule has 1 fully saturated rings. The number of hydrogen-bond acceptors (Lipinski definition) is 4. The minimum Gasteiger partial charge on any atom is -0.338 e. The third kappa shape index (κ3) is 4.52. The molecule has 0 bridgehead atoms. The first-order valence-corrected chi connectivity index (χ1v) is 11.2. The Morgan fingerprint density at radius 3 is 2.54 bits per heavy atom. The van der Waals surface area contributed by atoms with Gasteiger partial charge in [0, 0.05) is 30.9 Å². The van der Waals surface area contributed by atoms with E-state index in [0.29, 0.717) is 13.0 Å². The molecule has 1 aliphatic heterocycles. The van der Waals surface area contributed by atoms with Crippen molar-refractivity contribution in [1.82, 2.24) is 14.7 Å². The standard InChI is InChI=1S/C21H27N3O3S/c1-15-5-7-18(8-6-15)9-10-21(25)23(4)13-20-16(2)22-24(17(20)3)19-11-12-28(26,27)14-19/h5-10,19H,11-14H2,1-4H3/b10-9+/t19-/m1/s1. The maximum absolute atomic E-state index is 12.5. The average Bonchev–Trinajstić information content (AvgIpc) is 3.14. The molecule has 7 heteroatoms. The van der Waals surface area contributed by atoms with E-state index >= 15 is 0 Å². The van der Waals surface area contributed by atoms with Crippen LogP contribution in [0.1, 0.15) is 40.5 Å². The summed E-state index contributed by atoms with van der Waals surface area (Å²) in [6.45, 7) is 6.32. The molecular weight excluding hydrogens is 374 g/mol. The van der Waals surface area contributed by atoms with Crippen molar-refractivity contribution in [3.05, 3.63) is 58.4 Å². The van der Waals surface area contributed by atoms with Crippen LogP contribution >= 0.6 is 0 Å². The van der Waals surface area contributed by atoms with E-state index < -0.39 is 9.84 Å². The maximum Gasteiger partial charge on any atom is 0.246 e. The summed E-state index contributed by atoms with van der Waals surface area (Å²) in [5.41, 5.74) is 4.91. The van der Waals surface area contributed by atoms with E-state index in [1.54, 1.807) is 18.0 Å². The smallest absolute Gasteiger partial charge is 0.246 e. The zero-order valence-electron chi connectivity index (χ0n) is 16.8. The highest BCUT2D eigenvalue weighted by atomic mass is 32.2. The zero-order valence-corrected chi connectivity index (χ0v) is 17.7. The Kier molecular flexibility index (Phi) is 5.74. The van der Waals surface area contributed by atoms with Gasteiger partial charge < -0.3 is 4.90 Å². The number of carbonyl (C=O) groups excluding carboxylic acids is 1. The first-order valence-electron chi connectivity index (χ1n) is 9.41. The number of carbonyl (C=O) groups is 1. The van der Waals surface area contributed by atoms with Crippen molar-refractivity contribution >= 4 is 21.8 Å². The van der Waals surface area contributed by atoms with Crippen molar-refractivity contribution < 1.29 is 13.2 Å². The second-order valence-electron chi connectivity index (χ2n) is 7.59. The molecule has 150 valence electrons. The second kappa shape index (κ2) is 7.91. The summed E-state index contributed by atoms with van der Waals surface area (Å²) in [6.07, 6.45) is 3.98. The Balaban J connectivity index is 1.70. The van der Waals surface area contributed by atoms with Gasteiger partial charge in [-0.3, -0.25) is 9.48 Å². The molecule has 1 aromatic carbocycles. The number of likely N-dealkylation sites (N-methyl/N-ethyl adjacent to an activating group) is 1. The van der Waals surface area contributed by atoms with Gasteiger partial charge in [0.05, 0.1) is 23.2 Å². The van der Waals surface area contributed by atoms with Gasteiger partial charge >= 0.3 is 0 Å². The Morgan fingerprint density at radius 2 is 1.93 bits per heavy atom. The largest absolute Gasteiger partial charge is 0.338 e. The molecule has 3 rings (SSSR count). The van der Waals surface area contributed by atoms with Crippen LogP contribution in [0.15, 0.2) is 30.3 Å². The van der Waals surface area contributed by atoms with Crippen molar-refractivity contribution in [2.24, 2.45) is 0 Å². The molecule has 2 aromatic rings. The Hall–Kier alpha value is -2.41. The van der Waals surface area contributed by atoms with E-state index in [-0.39, 0.29) is 23.5 Å². The summed E-state index contributed by atoms with van der Waals surface area (Å²) in [5, 5.41) is 4.57. The zero-order chi connectivity index (χ0) is 20.5. The molecule has 1 aliphatic rings. The van der Waals surface area contributed by atoms with Crippen LogP contribution in [-0.4, -0.2) is 47.6 Å². The normalized spacial score (nSPS) is 18.6. The van der Waals surface area contributed by atoms with Gasteiger partial charge in [0.25, 0.3) is 0 Å². The summed E-state index contributed by atoms with van der Waals surface area (Å²) < 4.78 is 25.4. The van der Waals surface area contributed by atoms with Crippen molar-refractivity contribution in [1.29, 1.82) is 0 Å². The number of benzene rings is 1. The topological polar surface area (TPSA) is 72.3 Å². The minimum atomic E-state index is -2.97. The van der Waals surface area contributed by atoms with Crippen molar-refractivity contribution in [2.45, 2.75) is 39.8 Å². The molecule has 1 amide bonds. The van der Waals surface area contributed by atoms with Gasteiger partial charge in [-0.25, -0.2) is 8.42 Å². The van der Waals surface area contributed by atoms with Crippen LogP contribution < -0.4 is 0 Å².